The van der Waals surface area contributed by atoms with E-state index in [1.807, 2.05) is 0 Å². The summed E-state index contributed by atoms with van der Waals surface area (Å²) in [7, 11) is 0. The zero-order valence-corrected chi connectivity index (χ0v) is 11.9. The molecule has 18 heavy (non-hydrogen) atoms. The van der Waals surface area contributed by atoms with Gasteiger partial charge in [0.2, 0.25) is 0 Å². The van der Waals surface area contributed by atoms with Gasteiger partial charge in [-0.3, -0.25) is 0 Å². The zero-order chi connectivity index (χ0) is 13.5. The minimum atomic E-state index is -0.291. The van der Waals surface area contributed by atoms with E-state index < -0.39 is 0 Å². The minimum Gasteiger partial charge on any atom is -0.456 e. The Bertz CT molecular complexity index is 281. The van der Waals surface area contributed by atoms with Gasteiger partial charge in [-0.1, -0.05) is 46.1 Å². The van der Waals surface area contributed by atoms with Crippen LogP contribution >= 0.6 is 0 Å². The highest BCUT2D eigenvalue weighted by molar-refractivity contribution is 5.87. The van der Waals surface area contributed by atoms with Crippen LogP contribution in [-0.4, -0.2) is 24.8 Å². The van der Waals surface area contributed by atoms with Gasteiger partial charge in [-0.15, -0.1) is 0 Å². The topological polar surface area (TPSA) is 38.8 Å². The first kappa shape index (κ1) is 15.2. The summed E-state index contributed by atoms with van der Waals surface area (Å²) in [5.41, 5.74) is 0.460. The van der Waals surface area contributed by atoms with Gasteiger partial charge in [0.1, 0.15) is 12.2 Å². The van der Waals surface area contributed by atoms with Gasteiger partial charge >= 0.3 is 5.97 Å². The van der Waals surface area contributed by atoms with Crippen LogP contribution in [-0.2, 0) is 14.3 Å². The van der Waals surface area contributed by atoms with E-state index in [2.05, 4.69) is 20.4 Å². The summed E-state index contributed by atoms with van der Waals surface area (Å²) in [4.78, 5) is 11.6. The normalized spacial score (nSPS) is 21.2. The standard InChI is InChI=1S/C15H26O3/c1-5-7-8-12(6-2)9-13(14-10-17-14)18-15(16)11(3)4/h12-14H,3,5-10H2,1-2,4H3. The van der Waals surface area contributed by atoms with Crippen molar-refractivity contribution in [1.82, 2.24) is 0 Å². The molecule has 1 fully saturated rings. The quantitative estimate of drug-likeness (QED) is 0.359. The van der Waals surface area contributed by atoms with E-state index >= 15 is 0 Å². The molecule has 1 rings (SSSR count). The van der Waals surface area contributed by atoms with Crippen molar-refractivity contribution in [3.63, 3.8) is 0 Å². The molecule has 3 heteroatoms. The number of carbonyl (C=O) groups is 1. The van der Waals surface area contributed by atoms with Crippen molar-refractivity contribution in [2.75, 3.05) is 6.61 Å². The predicted octanol–water partition coefficient (Wildman–Crippen LogP) is 3.48. The van der Waals surface area contributed by atoms with Gasteiger partial charge in [0, 0.05) is 5.57 Å². The lowest BCUT2D eigenvalue weighted by Crippen LogP contribution is -2.27. The molecule has 0 saturated carbocycles. The molecule has 104 valence electrons. The Morgan fingerprint density at radius 3 is 2.61 bits per heavy atom. The number of hydrogen-bond donors (Lipinski definition) is 0. The van der Waals surface area contributed by atoms with Gasteiger partial charge < -0.3 is 9.47 Å². The fourth-order valence-corrected chi connectivity index (χ4v) is 2.09. The first-order valence-electron chi connectivity index (χ1n) is 7.06. The monoisotopic (exact) mass is 254 g/mol. The molecule has 0 aromatic carbocycles. The van der Waals surface area contributed by atoms with E-state index in [9.17, 15) is 4.79 Å². The summed E-state index contributed by atoms with van der Waals surface area (Å²) < 4.78 is 10.8. The second-order valence-corrected chi connectivity index (χ2v) is 5.25. The maximum Gasteiger partial charge on any atom is 0.333 e. The molecular weight excluding hydrogens is 228 g/mol. The first-order chi connectivity index (χ1) is 8.58. The number of carbonyl (C=O) groups excluding carboxylic acids is 1. The molecule has 3 atom stereocenters. The molecule has 0 aromatic rings. The Hall–Kier alpha value is -0.830. The van der Waals surface area contributed by atoms with Gasteiger partial charge in [-0.05, 0) is 19.3 Å². The predicted molar refractivity (Wildman–Crippen MR) is 72.4 cm³/mol. The molecule has 3 nitrogen and oxygen atoms in total. The van der Waals surface area contributed by atoms with E-state index in [0.29, 0.717) is 11.5 Å². The third-order valence-electron chi connectivity index (χ3n) is 3.49. The lowest BCUT2D eigenvalue weighted by atomic mass is 9.92. The number of rotatable bonds is 9. The molecule has 0 aliphatic carbocycles. The van der Waals surface area contributed by atoms with Gasteiger partial charge in [0.15, 0.2) is 0 Å². The van der Waals surface area contributed by atoms with Crippen molar-refractivity contribution in [1.29, 1.82) is 0 Å². The lowest BCUT2D eigenvalue weighted by molar-refractivity contribution is -0.146. The fraction of sp³-hybridized carbons (Fsp3) is 0.800. The third-order valence-corrected chi connectivity index (χ3v) is 3.49. The summed E-state index contributed by atoms with van der Waals surface area (Å²) in [5, 5.41) is 0. The summed E-state index contributed by atoms with van der Waals surface area (Å²) in [5.74, 6) is 0.331. The van der Waals surface area contributed by atoms with Crippen LogP contribution in [0.15, 0.2) is 12.2 Å². The fourth-order valence-electron chi connectivity index (χ4n) is 2.09. The van der Waals surface area contributed by atoms with Crippen molar-refractivity contribution in [3.05, 3.63) is 12.2 Å². The molecular formula is C15H26O3. The van der Waals surface area contributed by atoms with Crippen molar-refractivity contribution >= 4 is 5.97 Å². The van der Waals surface area contributed by atoms with Crippen LogP contribution in [0, 0.1) is 5.92 Å². The summed E-state index contributed by atoms with van der Waals surface area (Å²) in [6, 6.07) is 0. The average Bonchev–Trinajstić information content (AvgIpc) is 3.16. The van der Waals surface area contributed by atoms with Crippen LogP contribution < -0.4 is 0 Å². The number of hydrogen-bond acceptors (Lipinski definition) is 3. The number of unbranched alkanes of at least 4 members (excludes halogenated alkanes) is 1. The van der Waals surface area contributed by atoms with E-state index in [4.69, 9.17) is 9.47 Å². The van der Waals surface area contributed by atoms with Gasteiger partial charge in [-0.2, -0.15) is 0 Å². The maximum absolute atomic E-state index is 11.6. The Morgan fingerprint density at radius 2 is 2.17 bits per heavy atom. The Labute approximate surface area is 111 Å². The molecule has 1 saturated heterocycles. The smallest absolute Gasteiger partial charge is 0.333 e. The Kier molecular flexibility index (Phi) is 6.41. The Balaban J connectivity index is 2.45. The van der Waals surface area contributed by atoms with Crippen LogP contribution in [0.25, 0.3) is 0 Å². The van der Waals surface area contributed by atoms with Crippen LogP contribution in [0.4, 0.5) is 0 Å². The molecule has 1 heterocycles. The van der Waals surface area contributed by atoms with Crippen LogP contribution in [0.1, 0.15) is 52.9 Å². The minimum absolute atomic E-state index is 0.0870. The largest absolute Gasteiger partial charge is 0.456 e. The second kappa shape index (κ2) is 7.57. The van der Waals surface area contributed by atoms with Crippen LogP contribution in [0.5, 0.6) is 0 Å². The zero-order valence-electron chi connectivity index (χ0n) is 11.9. The molecule has 0 bridgehead atoms. The molecule has 0 amide bonds. The van der Waals surface area contributed by atoms with Crippen molar-refractivity contribution < 1.29 is 14.3 Å². The van der Waals surface area contributed by atoms with Crippen molar-refractivity contribution in [3.8, 4) is 0 Å². The molecule has 1 aliphatic heterocycles. The Morgan fingerprint density at radius 1 is 1.50 bits per heavy atom. The second-order valence-electron chi connectivity index (χ2n) is 5.25. The number of esters is 1. The molecule has 1 aliphatic rings. The molecule has 3 unspecified atom stereocenters. The first-order valence-corrected chi connectivity index (χ1v) is 7.06. The van der Waals surface area contributed by atoms with E-state index in [1.54, 1.807) is 6.92 Å². The van der Waals surface area contributed by atoms with E-state index in [-0.39, 0.29) is 18.2 Å². The highest BCUT2D eigenvalue weighted by Gasteiger charge is 2.36. The summed E-state index contributed by atoms with van der Waals surface area (Å²) in [6.07, 6.45) is 5.74. The molecule has 0 aromatic heterocycles. The van der Waals surface area contributed by atoms with Crippen molar-refractivity contribution in [2.24, 2.45) is 5.92 Å². The van der Waals surface area contributed by atoms with Crippen LogP contribution in [0.3, 0.4) is 0 Å². The van der Waals surface area contributed by atoms with Gasteiger partial charge in [0.05, 0.1) is 6.61 Å². The lowest BCUT2D eigenvalue weighted by Gasteiger charge is -2.21. The van der Waals surface area contributed by atoms with Crippen LogP contribution in [0.2, 0.25) is 0 Å². The van der Waals surface area contributed by atoms with E-state index in [1.165, 1.54) is 19.3 Å². The highest BCUT2D eigenvalue weighted by atomic mass is 16.6. The summed E-state index contributed by atoms with van der Waals surface area (Å²) >= 11 is 0. The van der Waals surface area contributed by atoms with E-state index in [0.717, 1.165) is 19.4 Å². The third kappa shape index (κ3) is 5.21. The summed E-state index contributed by atoms with van der Waals surface area (Å²) in [6.45, 7) is 10.4. The number of ether oxygens (including phenoxy) is 2. The van der Waals surface area contributed by atoms with Gasteiger partial charge in [-0.25, -0.2) is 4.79 Å². The molecule has 0 N–H and O–H groups in total. The SMILES string of the molecule is C=C(C)C(=O)OC(CC(CC)CCCC)C1CO1. The molecule has 0 radical (unpaired) electrons. The molecule has 0 spiro atoms. The maximum atomic E-state index is 11.6. The highest BCUT2D eigenvalue weighted by Crippen LogP contribution is 2.27. The number of epoxide rings is 1. The van der Waals surface area contributed by atoms with Crippen molar-refractivity contribution in [2.45, 2.75) is 65.1 Å². The average molecular weight is 254 g/mol. The van der Waals surface area contributed by atoms with Gasteiger partial charge in [0.25, 0.3) is 0 Å².